The van der Waals surface area contributed by atoms with Gasteiger partial charge in [-0.3, -0.25) is 0 Å². The zero-order chi connectivity index (χ0) is 34.4. The van der Waals surface area contributed by atoms with E-state index in [0.717, 1.165) is 66.3 Å². The van der Waals surface area contributed by atoms with Crippen molar-refractivity contribution in [3.8, 4) is 34.2 Å². The van der Waals surface area contributed by atoms with Crippen molar-refractivity contribution in [2.75, 3.05) is 0 Å². The number of hydrogen-bond acceptors (Lipinski definition) is 3. The first-order chi connectivity index (χ1) is 23.2. The van der Waals surface area contributed by atoms with Crippen LogP contribution in [0.2, 0.25) is 0 Å². The molecule has 0 saturated heterocycles. The smallest absolute Gasteiger partial charge is 0.164 e. The highest BCUT2D eigenvalue weighted by Gasteiger charge is 2.22. The average Bonchev–Trinajstić information content (AvgIpc) is 3.09. The molecule has 4 aromatic rings. The van der Waals surface area contributed by atoms with Gasteiger partial charge in [0, 0.05) is 16.7 Å². The Balaban J connectivity index is 1.57. The predicted molar refractivity (Wildman–Crippen MR) is 208 cm³/mol. The molecule has 0 bridgehead atoms. The fourth-order valence-corrected chi connectivity index (χ4v) is 7.10. The van der Waals surface area contributed by atoms with Crippen LogP contribution in [-0.2, 0) is 17.3 Å². The van der Waals surface area contributed by atoms with E-state index in [0.29, 0.717) is 0 Å². The van der Waals surface area contributed by atoms with Crippen LogP contribution in [-0.4, -0.2) is 15.0 Å². The van der Waals surface area contributed by atoms with Crippen molar-refractivity contribution in [1.82, 2.24) is 15.0 Å². The molecule has 0 aliphatic carbocycles. The first-order valence-corrected chi connectivity index (χ1v) is 19.2. The van der Waals surface area contributed by atoms with Gasteiger partial charge in [-0.15, -0.1) is 0 Å². The molecule has 48 heavy (non-hydrogen) atoms. The lowest BCUT2D eigenvalue weighted by Crippen LogP contribution is -2.16. The summed E-state index contributed by atoms with van der Waals surface area (Å²) in [6, 6.07) is 26.6. The highest BCUT2D eigenvalue weighted by molar-refractivity contribution is 5.67. The quantitative estimate of drug-likeness (QED) is 0.0898. The maximum atomic E-state index is 5.12. The van der Waals surface area contributed by atoms with E-state index in [4.69, 9.17) is 15.0 Å². The van der Waals surface area contributed by atoms with Crippen molar-refractivity contribution >= 4 is 0 Å². The molecule has 3 nitrogen and oxygen atoms in total. The van der Waals surface area contributed by atoms with Gasteiger partial charge in [0.2, 0.25) is 0 Å². The third-order valence-corrected chi connectivity index (χ3v) is 10.2. The standard InChI is InChI=1S/C45H63N3/c1-8-11-12-13-14-15-16-17-18-19-22-35-27-29-36(30-28-35)41-46-42(37-23-20-25-39(33-37)44(4,5)31-9-2)48-43(47-41)38-24-21-26-40(34-38)45(6,7)32-10-3/h20-21,23-30,33-34H,8-19,22,31-32H2,1-7H3. The SMILES string of the molecule is CCCCCCCCCCCCc1ccc(-c2nc(-c3cccc(C(C)(C)CCC)c3)nc(-c3cccc(C(C)(C)CCC)c3)n2)cc1. The Kier molecular flexibility index (Phi) is 14.4. The highest BCUT2D eigenvalue weighted by Crippen LogP contribution is 2.34. The molecule has 0 saturated carbocycles. The Labute approximate surface area is 293 Å². The van der Waals surface area contributed by atoms with Crippen LogP contribution in [0.4, 0.5) is 0 Å². The summed E-state index contributed by atoms with van der Waals surface area (Å²) in [5, 5.41) is 0. The lowest BCUT2D eigenvalue weighted by molar-refractivity contribution is 0.473. The van der Waals surface area contributed by atoms with Crippen LogP contribution in [0.15, 0.2) is 72.8 Å². The van der Waals surface area contributed by atoms with Crippen LogP contribution in [0.5, 0.6) is 0 Å². The molecule has 0 radical (unpaired) electrons. The van der Waals surface area contributed by atoms with Crippen molar-refractivity contribution in [2.24, 2.45) is 0 Å². The predicted octanol–water partition coefficient (Wildman–Crippen LogP) is 13.5. The van der Waals surface area contributed by atoms with E-state index in [1.54, 1.807) is 0 Å². The number of unbranched alkanes of at least 4 members (excludes halogenated alkanes) is 9. The summed E-state index contributed by atoms with van der Waals surface area (Å²) in [5.74, 6) is 2.20. The van der Waals surface area contributed by atoms with Crippen molar-refractivity contribution in [2.45, 2.75) is 156 Å². The zero-order valence-corrected chi connectivity index (χ0v) is 31.4. The van der Waals surface area contributed by atoms with Crippen molar-refractivity contribution in [3.05, 3.63) is 89.5 Å². The average molecular weight is 646 g/mol. The van der Waals surface area contributed by atoms with Gasteiger partial charge in [-0.25, -0.2) is 15.0 Å². The highest BCUT2D eigenvalue weighted by atomic mass is 15.0. The molecule has 1 heterocycles. The van der Waals surface area contributed by atoms with E-state index < -0.39 is 0 Å². The minimum absolute atomic E-state index is 0.0900. The van der Waals surface area contributed by atoms with Crippen molar-refractivity contribution < 1.29 is 0 Å². The molecule has 0 amide bonds. The lowest BCUT2D eigenvalue weighted by Gasteiger charge is -2.25. The monoisotopic (exact) mass is 646 g/mol. The number of nitrogens with zero attached hydrogens (tertiary/aromatic N) is 3. The van der Waals surface area contributed by atoms with Crippen molar-refractivity contribution in [3.63, 3.8) is 0 Å². The van der Waals surface area contributed by atoms with Gasteiger partial charge in [0.1, 0.15) is 0 Å². The molecular weight excluding hydrogens is 583 g/mol. The number of benzene rings is 3. The summed E-state index contributed by atoms with van der Waals surface area (Å²) in [4.78, 5) is 15.3. The van der Waals surface area contributed by atoms with E-state index in [2.05, 4.69) is 121 Å². The maximum absolute atomic E-state index is 5.12. The fraction of sp³-hybridized carbons (Fsp3) is 0.533. The Morgan fingerprint density at radius 3 is 1.29 bits per heavy atom. The second-order valence-electron chi connectivity index (χ2n) is 15.4. The van der Waals surface area contributed by atoms with Crippen LogP contribution in [0.3, 0.4) is 0 Å². The van der Waals surface area contributed by atoms with Gasteiger partial charge in [0.05, 0.1) is 0 Å². The fourth-order valence-electron chi connectivity index (χ4n) is 7.10. The molecular formula is C45H63N3. The van der Waals surface area contributed by atoms with Crippen LogP contribution < -0.4 is 0 Å². The summed E-state index contributed by atoms with van der Waals surface area (Å²) in [7, 11) is 0. The van der Waals surface area contributed by atoms with Crippen LogP contribution in [0.1, 0.15) is 155 Å². The van der Waals surface area contributed by atoms with Gasteiger partial charge in [0.25, 0.3) is 0 Å². The van der Waals surface area contributed by atoms with Crippen LogP contribution >= 0.6 is 0 Å². The number of aromatic nitrogens is 3. The second kappa shape index (κ2) is 18.4. The second-order valence-corrected chi connectivity index (χ2v) is 15.4. The Bertz CT molecular complexity index is 1450. The van der Waals surface area contributed by atoms with Crippen molar-refractivity contribution in [1.29, 1.82) is 0 Å². The summed E-state index contributed by atoms with van der Waals surface area (Å²) in [6.07, 6.45) is 19.4. The van der Waals surface area contributed by atoms with E-state index in [1.165, 1.54) is 80.9 Å². The molecule has 1 aromatic heterocycles. The summed E-state index contributed by atoms with van der Waals surface area (Å²) in [6.45, 7) is 16.1. The molecule has 0 N–H and O–H groups in total. The first-order valence-electron chi connectivity index (χ1n) is 19.2. The van der Waals surface area contributed by atoms with Crippen LogP contribution in [0, 0.1) is 0 Å². The molecule has 0 spiro atoms. The first kappa shape index (κ1) is 37.5. The molecule has 4 rings (SSSR count). The van der Waals surface area contributed by atoms with Gasteiger partial charge in [-0.05, 0) is 65.3 Å². The summed E-state index contributed by atoms with van der Waals surface area (Å²) >= 11 is 0. The number of hydrogen-bond donors (Lipinski definition) is 0. The Morgan fingerprint density at radius 2 is 0.854 bits per heavy atom. The molecule has 0 aliphatic rings. The zero-order valence-electron chi connectivity index (χ0n) is 31.4. The number of aryl methyl sites for hydroxylation is 1. The molecule has 258 valence electrons. The van der Waals surface area contributed by atoms with E-state index in [-0.39, 0.29) is 10.8 Å². The molecule has 0 unspecified atom stereocenters. The Morgan fingerprint density at radius 1 is 0.438 bits per heavy atom. The molecule has 0 atom stereocenters. The van der Waals surface area contributed by atoms with Gasteiger partial charge in [-0.1, -0.05) is 180 Å². The largest absolute Gasteiger partial charge is 0.208 e. The van der Waals surface area contributed by atoms with Gasteiger partial charge < -0.3 is 0 Å². The third-order valence-electron chi connectivity index (χ3n) is 10.2. The minimum atomic E-state index is 0.0900. The van der Waals surface area contributed by atoms with Gasteiger partial charge in [0.15, 0.2) is 17.5 Å². The van der Waals surface area contributed by atoms with Gasteiger partial charge in [-0.2, -0.15) is 0 Å². The summed E-state index contributed by atoms with van der Waals surface area (Å²) in [5.41, 5.74) is 7.35. The van der Waals surface area contributed by atoms with Crippen LogP contribution in [0.25, 0.3) is 34.2 Å². The summed E-state index contributed by atoms with van der Waals surface area (Å²) < 4.78 is 0. The lowest BCUT2D eigenvalue weighted by atomic mass is 9.80. The third kappa shape index (κ3) is 10.8. The van der Waals surface area contributed by atoms with E-state index >= 15 is 0 Å². The molecule has 3 aromatic carbocycles. The minimum Gasteiger partial charge on any atom is -0.208 e. The number of rotatable bonds is 20. The van der Waals surface area contributed by atoms with E-state index in [1.807, 2.05) is 0 Å². The topological polar surface area (TPSA) is 38.7 Å². The van der Waals surface area contributed by atoms with Gasteiger partial charge >= 0.3 is 0 Å². The van der Waals surface area contributed by atoms with E-state index in [9.17, 15) is 0 Å². The molecule has 3 heteroatoms. The maximum Gasteiger partial charge on any atom is 0.164 e. The molecule has 0 fully saturated rings. The normalized spacial score (nSPS) is 12.1. The molecule has 0 aliphatic heterocycles. The Hall–Kier alpha value is -3.33.